The van der Waals surface area contributed by atoms with Gasteiger partial charge in [0.05, 0.1) is 18.7 Å². The fourth-order valence-electron chi connectivity index (χ4n) is 1.64. The molecular formula is C13H16BrN3O2. The summed E-state index contributed by atoms with van der Waals surface area (Å²) >= 11 is 3.47. The number of methoxy groups -OCH3 is 1. The minimum absolute atomic E-state index is 0.240. The Labute approximate surface area is 120 Å². The Balaban J connectivity index is 2.02. The van der Waals surface area contributed by atoms with E-state index < -0.39 is 0 Å². The summed E-state index contributed by atoms with van der Waals surface area (Å²) in [6, 6.07) is 7.99. The second kappa shape index (κ2) is 6.79. The molecule has 1 aromatic heterocycles. The molecule has 0 fully saturated rings. The number of nitrogens with one attached hydrogen (secondary N) is 1. The molecule has 0 aliphatic carbocycles. The van der Waals surface area contributed by atoms with Crippen LogP contribution < -0.4 is 5.32 Å². The van der Waals surface area contributed by atoms with Crippen molar-refractivity contribution in [2.45, 2.75) is 19.5 Å². The molecule has 6 heteroatoms. The van der Waals surface area contributed by atoms with Crippen molar-refractivity contribution in [3.63, 3.8) is 0 Å². The maximum absolute atomic E-state index is 5.62. The molecule has 1 N–H and O–H groups in total. The fraction of sp³-hybridized carbons (Fsp3) is 0.385. The number of benzene rings is 1. The summed E-state index contributed by atoms with van der Waals surface area (Å²) in [5, 5.41) is 11.3. The van der Waals surface area contributed by atoms with Crippen LogP contribution >= 0.6 is 15.9 Å². The largest absolute Gasteiger partial charge is 0.419 e. The van der Waals surface area contributed by atoms with Crippen LogP contribution in [0.15, 0.2) is 33.2 Å². The number of nitrogens with zero attached hydrogens (tertiary/aromatic N) is 2. The quantitative estimate of drug-likeness (QED) is 0.884. The lowest BCUT2D eigenvalue weighted by Crippen LogP contribution is -2.29. The van der Waals surface area contributed by atoms with Gasteiger partial charge in [0.25, 0.3) is 0 Å². The normalized spacial score (nSPS) is 12.6. The second-order valence-electron chi connectivity index (χ2n) is 4.22. The van der Waals surface area contributed by atoms with Gasteiger partial charge < -0.3 is 14.5 Å². The first-order valence-electron chi connectivity index (χ1n) is 6.00. The summed E-state index contributed by atoms with van der Waals surface area (Å²) in [5.74, 6) is 1.08. The first-order valence-corrected chi connectivity index (χ1v) is 6.79. The molecule has 0 spiro atoms. The van der Waals surface area contributed by atoms with Crippen molar-refractivity contribution in [3.05, 3.63) is 34.6 Å². The standard InChI is InChI=1S/C13H16BrN3O2/c1-9(8-18-2)15-7-12-16-17-13(19-12)10-5-3-4-6-11(10)14/h3-6,9,15H,7-8H2,1-2H3. The number of halogens is 1. The van der Waals surface area contributed by atoms with Gasteiger partial charge in [-0.25, -0.2) is 0 Å². The van der Waals surface area contributed by atoms with E-state index >= 15 is 0 Å². The molecule has 0 amide bonds. The molecule has 0 saturated heterocycles. The number of hydrogen-bond donors (Lipinski definition) is 1. The van der Waals surface area contributed by atoms with E-state index in [1.54, 1.807) is 7.11 Å². The first-order chi connectivity index (χ1) is 9.20. The van der Waals surface area contributed by atoms with Gasteiger partial charge in [-0.3, -0.25) is 0 Å². The molecule has 1 heterocycles. The highest BCUT2D eigenvalue weighted by atomic mass is 79.9. The van der Waals surface area contributed by atoms with Gasteiger partial charge in [0.15, 0.2) is 0 Å². The zero-order valence-corrected chi connectivity index (χ0v) is 12.5. The van der Waals surface area contributed by atoms with Gasteiger partial charge in [-0.15, -0.1) is 10.2 Å². The van der Waals surface area contributed by atoms with Crippen LogP contribution in [0.25, 0.3) is 11.5 Å². The van der Waals surface area contributed by atoms with Crippen LogP contribution in [0.1, 0.15) is 12.8 Å². The van der Waals surface area contributed by atoms with E-state index in [9.17, 15) is 0 Å². The van der Waals surface area contributed by atoms with Gasteiger partial charge in [0, 0.05) is 17.6 Å². The van der Waals surface area contributed by atoms with E-state index in [2.05, 4.69) is 31.4 Å². The SMILES string of the molecule is COCC(C)NCc1nnc(-c2ccccc2Br)o1. The van der Waals surface area contributed by atoms with Crippen LogP contribution in [0.3, 0.4) is 0 Å². The molecule has 5 nitrogen and oxygen atoms in total. The lowest BCUT2D eigenvalue weighted by atomic mass is 10.2. The summed E-state index contributed by atoms with van der Waals surface area (Å²) < 4.78 is 11.6. The van der Waals surface area contributed by atoms with E-state index in [4.69, 9.17) is 9.15 Å². The number of hydrogen-bond acceptors (Lipinski definition) is 5. The summed E-state index contributed by atoms with van der Waals surface area (Å²) in [7, 11) is 1.68. The van der Waals surface area contributed by atoms with Gasteiger partial charge in [-0.1, -0.05) is 12.1 Å². The Hall–Kier alpha value is -1.24. The highest BCUT2D eigenvalue weighted by Gasteiger charge is 2.11. The second-order valence-corrected chi connectivity index (χ2v) is 5.07. The Morgan fingerprint density at radius 1 is 1.37 bits per heavy atom. The Kier molecular flexibility index (Phi) is 5.07. The van der Waals surface area contributed by atoms with Gasteiger partial charge in [-0.2, -0.15) is 0 Å². The molecule has 0 aliphatic heterocycles. The van der Waals surface area contributed by atoms with Crippen LogP contribution in [0.5, 0.6) is 0 Å². The fourth-order valence-corrected chi connectivity index (χ4v) is 2.09. The van der Waals surface area contributed by atoms with Crippen molar-refractivity contribution in [2.24, 2.45) is 0 Å². The monoisotopic (exact) mass is 325 g/mol. The van der Waals surface area contributed by atoms with Gasteiger partial charge in [0.2, 0.25) is 11.8 Å². The van der Waals surface area contributed by atoms with Crippen molar-refractivity contribution in [2.75, 3.05) is 13.7 Å². The molecule has 102 valence electrons. The average Bonchev–Trinajstić information content (AvgIpc) is 2.86. The van der Waals surface area contributed by atoms with Crippen LogP contribution in [0.2, 0.25) is 0 Å². The topological polar surface area (TPSA) is 60.2 Å². The Bertz CT molecular complexity index is 530. The van der Waals surface area contributed by atoms with Crippen LogP contribution in [0.4, 0.5) is 0 Å². The van der Waals surface area contributed by atoms with Crippen LogP contribution in [-0.4, -0.2) is 30.0 Å². The zero-order valence-electron chi connectivity index (χ0n) is 10.9. The predicted octanol–water partition coefficient (Wildman–Crippen LogP) is 2.62. The third-order valence-corrected chi connectivity index (χ3v) is 3.28. The van der Waals surface area contributed by atoms with Crippen molar-refractivity contribution in [3.8, 4) is 11.5 Å². The minimum Gasteiger partial charge on any atom is -0.419 e. The predicted molar refractivity (Wildman–Crippen MR) is 75.6 cm³/mol. The Morgan fingerprint density at radius 2 is 2.16 bits per heavy atom. The maximum Gasteiger partial charge on any atom is 0.248 e. The summed E-state index contributed by atoms with van der Waals surface area (Å²) in [6.45, 7) is 3.21. The molecule has 19 heavy (non-hydrogen) atoms. The average molecular weight is 326 g/mol. The lowest BCUT2D eigenvalue weighted by molar-refractivity contribution is 0.170. The van der Waals surface area contributed by atoms with E-state index in [0.29, 0.717) is 24.9 Å². The smallest absolute Gasteiger partial charge is 0.248 e. The first kappa shape index (κ1) is 14.2. The molecular weight excluding hydrogens is 310 g/mol. The van der Waals surface area contributed by atoms with E-state index in [0.717, 1.165) is 10.0 Å². The molecule has 0 saturated carbocycles. The molecule has 2 aromatic rings. The molecule has 0 radical (unpaired) electrons. The minimum atomic E-state index is 0.240. The van der Waals surface area contributed by atoms with Crippen LogP contribution in [0, 0.1) is 0 Å². The zero-order chi connectivity index (χ0) is 13.7. The molecule has 0 bridgehead atoms. The molecule has 2 rings (SSSR count). The van der Waals surface area contributed by atoms with E-state index in [1.165, 1.54) is 0 Å². The third kappa shape index (κ3) is 3.86. The van der Waals surface area contributed by atoms with Crippen molar-refractivity contribution >= 4 is 15.9 Å². The summed E-state index contributed by atoms with van der Waals surface area (Å²) in [4.78, 5) is 0. The van der Waals surface area contributed by atoms with E-state index in [-0.39, 0.29) is 6.04 Å². The van der Waals surface area contributed by atoms with Crippen molar-refractivity contribution in [1.29, 1.82) is 0 Å². The lowest BCUT2D eigenvalue weighted by Gasteiger charge is -2.09. The van der Waals surface area contributed by atoms with Gasteiger partial charge in [0.1, 0.15) is 0 Å². The number of aromatic nitrogens is 2. The number of rotatable bonds is 6. The molecule has 1 unspecified atom stereocenters. The van der Waals surface area contributed by atoms with Crippen molar-refractivity contribution in [1.82, 2.24) is 15.5 Å². The van der Waals surface area contributed by atoms with Crippen molar-refractivity contribution < 1.29 is 9.15 Å². The molecule has 0 aliphatic rings. The molecule has 1 aromatic carbocycles. The van der Waals surface area contributed by atoms with E-state index in [1.807, 2.05) is 31.2 Å². The van der Waals surface area contributed by atoms with Gasteiger partial charge >= 0.3 is 0 Å². The highest BCUT2D eigenvalue weighted by molar-refractivity contribution is 9.10. The molecule has 1 atom stereocenters. The summed E-state index contributed by atoms with van der Waals surface area (Å²) in [5.41, 5.74) is 0.895. The Morgan fingerprint density at radius 3 is 2.89 bits per heavy atom. The summed E-state index contributed by atoms with van der Waals surface area (Å²) in [6.07, 6.45) is 0. The van der Waals surface area contributed by atoms with Crippen LogP contribution in [-0.2, 0) is 11.3 Å². The maximum atomic E-state index is 5.62. The van der Waals surface area contributed by atoms with Gasteiger partial charge in [-0.05, 0) is 35.0 Å². The third-order valence-electron chi connectivity index (χ3n) is 2.59. The highest BCUT2D eigenvalue weighted by Crippen LogP contribution is 2.26. The number of ether oxygens (including phenoxy) is 1.